The van der Waals surface area contributed by atoms with Crippen molar-refractivity contribution < 1.29 is 24.6 Å². The number of aromatic nitrogens is 7. The van der Waals surface area contributed by atoms with E-state index in [-0.39, 0.29) is 42.1 Å². The van der Waals surface area contributed by atoms with Crippen LogP contribution in [0.5, 0.6) is 0 Å². The van der Waals surface area contributed by atoms with E-state index in [0.717, 1.165) is 11.0 Å². The van der Waals surface area contributed by atoms with Crippen molar-refractivity contribution in [2.75, 3.05) is 11.1 Å². The zero-order valence-corrected chi connectivity index (χ0v) is 21.2. The average Bonchev–Trinajstić information content (AvgIpc) is 3.43. The highest BCUT2D eigenvalue weighted by atomic mass is 16.4. The maximum absolute atomic E-state index is 12.3. The molecule has 0 aliphatic carbocycles. The van der Waals surface area contributed by atoms with E-state index in [1.54, 1.807) is 18.3 Å². The van der Waals surface area contributed by atoms with Gasteiger partial charge in [0.2, 0.25) is 5.95 Å². The fraction of sp³-hybridized carbons (Fsp3) is 0.160. The van der Waals surface area contributed by atoms with Gasteiger partial charge in [0.15, 0.2) is 11.2 Å². The van der Waals surface area contributed by atoms with Gasteiger partial charge in [0.25, 0.3) is 11.5 Å². The molecule has 41 heavy (non-hydrogen) atoms. The van der Waals surface area contributed by atoms with Gasteiger partial charge in [-0.1, -0.05) is 0 Å². The van der Waals surface area contributed by atoms with Gasteiger partial charge in [0, 0.05) is 23.9 Å². The molecular weight excluding hydrogens is 536 g/mol. The van der Waals surface area contributed by atoms with E-state index >= 15 is 0 Å². The normalized spacial score (nSPS) is 11.3. The number of carboxylic acid groups (broad SMARTS) is 2. The summed E-state index contributed by atoms with van der Waals surface area (Å²) in [5.74, 6) is -3.16. The van der Waals surface area contributed by atoms with Crippen LogP contribution >= 0.6 is 0 Å². The summed E-state index contributed by atoms with van der Waals surface area (Å²) in [6.45, 7) is 0.231. The van der Waals surface area contributed by atoms with Crippen LogP contribution in [0.15, 0.2) is 60.0 Å². The Hall–Kier alpha value is -5.93. The summed E-state index contributed by atoms with van der Waals surface area (Å²) in [5.41, 5.74) is 8.42. The predicted octanol–water partition coefficient (Wildman–Crippen LogP) is 0.913. The van der Waals surface area contributed by atoms with E-state index < -0.39 is 29.4 Å². The molecule has 0 radical (unpaired) electrons. The lowest BCUT2D eigenvalue weighted by Crippen LogP contribution is -2.41. The number of amides is 1. The van der Waals surface area contributed by atoms with Crippen LogP contribution in [0.3, 0.4) is 0 Å². The molecule has 1 atom stereocenters. The first-order valence-electron chi connectivity index (χ1n) is 12.0. The largest absolute Gasteiger partial charge is 0.481 e. The summed E-state index contributed by atoms with van der Waals surface area (Å²) in [6.07, 6.45) is 5.98. The van der Waals surface area contributed by atoms with Crippen molar-refractivity contribution in [2.45, 2.75) is 25.4 Å². The summed E-state index contributed by atoms with van der Waals surface area (Å²) in [7, 11) is 0. The van der Waals surface area contributed by atoms with Crippen molar-refractivity contribution in [3.63, 3.8) is 0 Å². The molecule has 0 spiro atoms. The summed E-state index contributed by atoms with van der Waals surface area (Å²) < 4.78 is 0. The second kappa shape index (κ2) is 12.7. The highest BCUT2D eigenvalue weighted by molar-refractivity contribution is 5.97. The number of nitrogen functional groups attached to an aromatic ring is 1. The fourth-order valence-electron chi connectivity index (χ4n) is 3.55. The Bertz CT molecular complexity index is 1720. The number of carbonyl (C=O) groups excluding carboxylic acids is 1. The third-order valence-corrected chi connectivity index (χ3v) is 5.58. The second-order valence-electron chi connectivity index (χ2n) is 8.51. The molecule has 0 aliphatic rings. The standard InChI is InChI=1S/C19H19N7O6.C6H5N3/c20-19-25-15-14(17(30)26-19)23-11(8-22-15)7-21-10-3-1-9(2-4-10)16(29)24-12(18(31)32)5-6-13(27)28;1-2-8-6-3-7-4-9-5(1)6/h1-4,8,12,21H,5-7H2,(H,24,29)(H,27,28)(H,31,32)(H3,20,22,25,26,30);1-4,8H. The number of rotatable bonds is 9. The molecule has 1 aromatic carbocycles. The van der Waals surface area contributed by atoms with Gasteiger partial charge in [-0.15, -0.1) is 0 Å². The number of fused-ring (bicyclic) bond motifs is 2. The third kappa shape index (κ3) is 7.56. The van der Waals surface area contributed by atoms with Gasteiger partial charge >= 0.3 is 11.9 Å². The fourth-order valence-corrected chi connectivity index (χ4v) is 3.55. The molecule has 16 nitrogen and oxygen atoms in total. The maximum atomic E-state index is 12.3. The lowest BCUT2D eigenvalue weighted by atomic mass is 10.1. The first-order chi connectivity index (χ1) is 19.7. The average molecular weight is 561 g/mol. The number of aromatic amines is 2. The van der Waals surface area contributed by atoms with Crippen LogP contribution in [-0.4, -0.2) is 69.0 Å². The topological polar surface area (TPSA) is 255 Å². The lowest BCUT2D eigenvalue weighted by Gasteiger charge is -2.14. The molecule has 5 aromatic rings. The number of nitrogens with zero attached hydrogens (tertiary/aromatic N) is 5. The van der Waals surface area contributed by atoms with Crippen LogP contribution in [0.25, 0.3) is 22.2 Å². The number of hydrogen-bond donors (Lipinski definition) is 7. The number of anilines is 2. The number of benzene rings is 1. The Balaban J connectivity index is 0.000000360. The first kappa shape index (κ1) is 28.1. The van der Waals surface area contributed by atoms with Crippen molar-refractivity contribution in [1.82, 2.24) is 40.2 Å². The molecule has 4 heterocycles. The van der Waals surface area contributed by atoms with Crippen LogP contribution in [0, 0.1) is 0 Å². The molecule has 5 rings (SSSR count). The summed E-state index contributed by atoms with van der Waals surface area (Å²) in [6, 6.07) is 6.78. The zero-order chi connectivity index (χ0) is 29.4. The van der Waals surface area contributed by atoms with Crippen molar-refractivity contribution >= 4 is 51.7 Å². The minimum Gasteiger partial charge on any atom is -0.481 e. The summed E-state index contributed by atoms with van der Waals surface area (Å²) in [4.78, 5) is 71.4. The molecule has 0 fully saturated rings. The Morgan fingerprint density at radius 3 is 2.51 bits per heavy atom. The van der Waals surface area contributed by atoms with Gasteiger partial charge in [-0.3, -0.25) is 19.4 Å². The minimum absolute atomic E-state index is 0.0524. The Kier molecular flexibility index (Phi) is 8.73. The monoisotopic (exact) mass is 560 g/mol. The molecule has 0 saturated carbocycles. The van der Waals surface area contributed by atoms with Crippen molar-refractivity contribution in [3.05, 3.63) is 76.9 Å². The SMILES string of the molecule is Nc1nc2ncc(CNc3ccc(C(=O)NC(CCC(=O)O)C(=O)O)cc3)nc2c(=O)[nH]1.c1ncc2[nH]ccc2n1. The number of carbonyl (C=O) groups is 3. The number of nitrogens with two attached hydrogens (primary N) is 1. The van der Waals surface area contributed by atoms with E-state index in [2.05, 4.69) is 45.5 Å². The van der Waals surface area contributed by atoms with Crippen LogP contribution in [0.1, 0.15) is 28.9 Å². The molecule has 1 unspecified atom stereocenters. The maximum Gasteiger partial charge on any atom is 0.326 e. The van der Waals surface area contributed by atoms with Gasteiger partial charge in [0.1, 0.15) is 12.4 Å². The molecule has 0 saturated heterocycles. The Morgan fingerprint density at radius 2 is 1.80 bits per heavy atom. The van der Waals surface area contributed by atoms with Gasteiger partial charge < -0.3 is 31.6 Å². The number of hydrogen-bond acceptors (Lipinski definition) is 11. The van der Waals surface area contributed by atoms with Crippen LogP contribution in [-0.2, 0) is 16.1 Å². The van der Waals surface area contributed by atoms with E-state index in [1.807, 2.05) is 12.3 Å². The molecular formula is C25H24N10O6. The van der Waals surface area contributed by atoms with Crippen molar-refractivity contribution in [3.8, 4) is 0 Å². The van der Waals surface area contributed by atoms with Crippen LogP contribution < -0.4 is 21.9 Å². The molecule has 8 N–H and O–H groups in total. The molecule has 0 bridgehead atoms. The smallest absolute Gasteiger partial charge is 0.326 e. The molecule has 210 valence electrons. The highest BCUT2D eigenvalue weighted by Gasteiger charge is 2.21. The number of aliphatic carboxylic acids is 2. The Morgan fingerprint density at radius 1 is 1.02 bits per heavy atom. The van der Waals surface area contributed by atoms with Crippen molar-refractivity contribution in [2.24, 2.45) is 0 Å². The van der Waals surface area contributed by atoms with Gasteiger partial charge in [0.05, 0.1) is 35.7 Å². The van der Waals surface area contributed by atoms with Gasteiger partial charge in [-0.05, 0) is 36.8 Å². The summed E-state index contributed by atoms with van der Waals surface area (Å²) >= 11 is 0. The molecule has 1 amide bonds. The van der Waals surface area contributed by atoms with E-state index in [1.165, 1.54) is 24.7 Å². The van der Waals surface area contributed by atoms with E-state index in [9.17, 15) is 19.2 Å². The number of H-pyrrole nitrogens is 2. The van der Waals surface area contributed by atoms with E-state index in [0.29, 0.717) is 11.4 Å². The lowest BCUT2D eigenvalue weighted by molar-refractivity contribution is -0.140. The summed E-state index contributed by atoms with van der Waals surface area (Å²) in [5, 5.41) is 23.2. The highest BCUT2D eigenvalue weighted by Crippen LogP contribution is 2.12. The van der Waals surface area contributed by atoms with E-state index in [4.69, 9.17) is 15.9 Å². The Labute approximate surface area is 230 Å². The number of carboxylic acids is 2. The molecule has 4 aromatic heterocycles. The van der Waals surface area contributed by atoms with Crippen LogP contribution in [0.2, 0.25) is 0 Å². The first-order valence-corrected chi connectivity index (χ1v) is 12.0. The predicted molar refractivity (Wildman–Crippen MR) is 146 cm³/mol. The minimum atomic E-state index is -1.31. The quantitative estimate of drug-likeness (QED) is 0.132. The van der Waals surface area contributed by atoms with Gasteiger partial charge in [-0.2, -0.15) is 4.98 Å². The molecule has 16 heteroatoms. The molecule has 0 aliphatic heterocycles. The number of nitrogens with one attached hydrogen (secondary N) is 4. The van der Waals surface area contributed by atoms with Crippen LogP contribution in [0.4, 0.5) is 11.6 Å². The van der Waals surface area contributed by atoms with Gasteiger partial charge in [-0.25, -0.2) is 24.7 Å². The second-order valence-corrected chi connectivity index (χ2v) is 8.51. The zero-order valence-electron chi connectivity index (χ0n) is 21.2. The third-order valence-electron chi connectivity index (χ3n) is 5.58. The van der Waals surface area contributed by atoms with Crippen molar-refractivity contribution in [1.29, 1.82) is 0 Å².